The number of aromatic nitrogens is 1. The predicted octanol–water partition coefficient (Wildman–Crippen LogP) is 1.74. The molecule has 2 amide bonds. The maximum Gasteiger partial charge on any atom is 0.309 e. The summed E-state index contributed by atoms with van der Waals surface area (Å²) in [7, 11) is 1.60. The number of nitrogens with one attached hydrogen (secondary N) is 2. The molecule has 0 saturated carbocycles. The van der Waals surface area contributed by atoms with Crippen molar-refractivity contribution in [3.8, 4) is 5.75 Å². The number of carbonyl (C=O) groups is 2. The zero-order chi connectivity index (χ0) is 19.8. The van der Waals surface area contributed by atoms with Crippen molar-refractivity contribution in [2.45, 2.75) is 19.4 Å². The van der Waals surface area contributed by atoms with E-state index in [1.807, 2.05) is 36.5 Å². The predicted molar refractivity (Wildman–Crippen MR) is 107 cm³/mol. The van der Waals surface area contributed by atoms with Crippen LogP contribution in [0.2, 0.25) is 0 Å². The first-order chi connectivity index (χ1) is 13.7. The van der Waals surface area contributed by atoms with Crippen molar-refractivity contribution in [1.82, 2.24) is 15.6 Å². The Kier molecular flexibility index (Phi) is 6.84. The van der Waals surface area contributed by atoms with E-state index in [1.54, 1.807) is 13.3 Å². The lowest BCUT2D eigenvalue weighted by atomic mass is 9.96. The Morgan fingerprint density at radius 2 is 1.82 bits per heavy atom. The molecule has 1 saturated heterocycles. The fraction of sp³-hybridized carbons (Fsp3) is 0.381. The van der Waals surface area contributed by atoms with Crippen LogP contribution in [0.5, 0.6) is 5.75 Å². The maximum absolute atomic E-state index is 12.0. The number of ether oxygens (including phenoxy) is 1. The fourth-order valence-electron chi connectivity index (χ4n) is 3.26. The van der Waals surface area contributed by atoms with Crippen LogP contribution in [0.4, 0.5) is 5.69 Å². The van der Waals surface area contributed by atoms with Gasteiger partial charge in [-0.15, -0.1) is 0 Å². The van der Waals surface area contributed by atoms with E-state index < -0.39 is 11.8 Å². The topological polar surface area (TPSA) is 83.6 Å². The first kappa shape index (κ1) is 19.7. The van der Waals surface area contributed by atoms with Gasteiger partial charge >= 0.3 is 11.8 Å². The van der Waals surface area contributed by atoms with E-state index in [2.05, 4.69) is 26.6 Å². The summed E-state index contributed by atoms with van der Waals surface area (Å²) in [6, 6.07) is 11.3. The molecule has 28 heavy (non-hydrogen) atoms. The molecular formula is C21H26N4O3. The fourth-order valence-corrected chi connectivity index (χ4v) is 3.26. The minimum absolute atomic E-state index is 0.305. The van der Waals surface area contributed by atoms with Crippen molar-refractivity contribution in [1.29, 1.82) is 0 Å². The highest BCUT2D eigenvalue weighted by Crippen LogP contribution is 2.21. The quantitative estimate of drug-likeness (QED) is 0.744. The van der Waals surface area contributed by atoms with Gasteiger partial charge in [0.05, 0.1) is 19.0 Å². The van der Waals surface area contributed by atoms with Crippen molar-refractivity contribution in [3.05, 3.63) is 54.4 Å². The average Bonchev–Trinajstić information content (AvgIpc) is 2.77. The number of hydrogen-bond acceptors (Lipinski definition) is 5. The minimum Gasteiger partial charge on any atom is -0.497 e. The van der Waals surface area contributed by atoms with E-state index in [9.17, 15) is 9.59 Å². The zero-order valence-corrected chi connectivity index (χ0v) is 16.1. The number of nitrogens with zero attached hydrogens (tertiary/aromatic N) is 2. The number of rotatable bonds is 6. The van der Waals surface area contributed by atoms with Crippen LogP contribution < -0.4 is 20.3 Å². The summed E-state index contributed by atoms with van der Waals surface area (Å²) in [4.78, 5) is 30.5. The molecule has 7 nitrogen and oxygen atoms in total. The monoisotopic (exact) mass is 382 g/mol. The third-order valence-corrected chi connectivity index (χ3v) is 5.00. The molecule has 1 aromatic carbocycles. The van der Waals surface area contributed by atoms with Crippen molar-refractivity contribution < 1.29 is 14.3 Å². The number of carbonyl (C=O) groups excluding carboxylic acids is 2. The van der Waals surface area contributed by atoms with Gasteiger partial charge in [0.15, 0.2) is 0 Å². The van der Waals surface area contributed by atoms with Crippen LogP contribution in [-0.2, 0) is 16.1 Å². The van der Waals surface area contributed by atoms with Crippen LogP contribution >= 0.6 is 0 Å². The molecule has 1 aromatic heterocycles. The minimum atomic E-state index is -0.608. The van der Waals surface area contributed by atoms with Crippen LogP contribution in [0, 0.1) is 5.92 Å². The third-order valence-electron chi connectivity index (χ3n) is 5.00. The van der Waals surface area contributed by atoms with Crippen LogP contribution in [-0.4, -0.2) is 43.5 Å². The Labute approximate surface area is 165 Å². The highest BCUT2D eigenvalue weighted by molar-refractivity contribution is 6.35. The van der Waals surface area contributed by atoms with Gasteiger partial charge < -0.3 is 20.3 Å². The number of anilines is 1. The number of pyridine rings is 1. The van der Waals surface area contributed by atoms with Crippen molar-refractivity contribution in [3.63, 3.8) is 0 Å². The normalized spacial score (nSPS) is 14.4. The highest BCUT2D eigenvalue weighted by Gasteiger charge is 2.21. The van der Waals surface area contributed by atoms with E-state index in [4.69, 9.17) is 4.74 Å². The lowest BCUT2D eigenvalue weighted by Crippen LogP contribution is -2.43. The third kappa shape index (κ3) is 5.45. The van der Waals surface area contributed by atoms with Crippen LogP contribution in [0.15, 0.2) is 48.8 Å². The summed E-state index contributed by atoms with van der Waals surface area (Å²) in [5, 5.41) is 5.40. The molecule has 1 fully saturated rings. The smallest absolute Gasteiger partial charge is 0.309 e. The van der Waals surface area contributed by atoms with Gasteiger partial charge in [-0.3, -0.25) is 14.6 Å². The second-order valence-corrected chi connectivity index (χ2v) is 6.88. The van der Waals surface area contributed by atoms with Crippen LogP contribution in [0.3, 0.4) is 0 Å². The molecule has 0 unspecified atom stereocenters. The van der Waals surface area contributed by atoms with Gasteiger partial charge in [-0.05, 0) is 48.6 Å². The Morgan fingerprint density at radius 3 is 2.46 bits per heavy atom. The van der Waals surface area contributed by atoms with Gasteiger partial charge in [0.1, 0.15) is 5.75 Å². The Morgan fingerprint density at radius 1 is 1.11 bits per heavy atom. The molecule has 0 radical (unpaired) electrons. The van der Waals surface area contributed by atoms with Gasteiger partial charge in [0.25, 0.3) is 0 Å². The van der Waals surface area contributed by atoms with E-state index in [0.717, 1.165) is 42.9 Å². The van der Waals surface area contributed by atoms with E-state index in [1.165, 1.54) is 0 Å². The number of amides is 2. The molecule has 3 rings (SSSR count). The van der Waals surface area contributed by atoms with E-state index in [-0.39, 0.29) is 0 Å². The zero-order valence-electron chi connectivity index (χ0n) is 16.1. The maximum atomic E-state index is 12.0. The molecule has 0 atom stereocenters. The van der Waals surface area contributed by atoms with Gasteiger partial charge in [0, 0.05) is 32.4 Å². The summed E-state index contributed by atoms with van der Waals surface area (Å²) in [6.45, 7) is 2.68. The van der Waals surface area contributed by atoms with Gasteiger partial charge in [-0.25, -0.2) is 0 Å². The lowest BCUT2D eigenvalue weighted by molar-refractivity contribution is -0.139. The lowest BCUT2D eigenvalue weighted by Gasteiger charge is -2.33. The molecule has 0 spiro atoms. The van der Waals surface area contributed by atoms with E-state index in [0.29, 0.717) is 19.0 Å². The molecule has 2 aromatic rings. The Hall–Kier alpha value is -3.09. The summed E-state index contributed by atoms with van der Waals surface area (Å²) < 4.78 is 5.10. The molecule has 148 valence electrons. The summed E-state index contributed by atoms with van der Waals surface area (Å²) in [5.41, 5.74) is 2.03. The number of methoxy groups -OCH3 is 1. The number of hydrogen-bond donors (Lipinski definition) is 2. The van der Waals surface area contributed by atoms with E-state index >= 15 is 0 Å². The molecule has 0 bridgehead atoms. The average molecular weight is 382 g/mol. The highest BCUT2D eigenvalue weighted by atomic mass is 16.5. The molecule has 0 aliphatic carbocycles. The summed E-state index contributed by atoms with van der Waals surface area (Å²) in [5.74, 6) is -0.0551. The first-order valence-corrected chi connectivity index (χ1v) is 9.49. The van der Waals surface area contributed by atoms with Crippen molar-refractivity contribution >= 4 is 17.5 Å². The molecule has 2 heterocycles. The second-order valence-electron chi connectivity index (χ2n) is 6.88. The second kappa shape index (κ2) is 9.73. The molecule has 1 aliphatic heterocycles. The number of benzene rings is 1. The van der Waals surface area contributed by atoms with Crippen LogP contribution in [0.25, 0.3) is 0 Å². The number of piperidine rings is 1. The van der Waals surface area contributed by atoms with Gasteiger partial charge in [0.2, 0.25) is 0 Å². The SMILES string of the molecule is COc1ccc(CNC(=O)C(=O)NCC2CCN(c3cccnc3)CC2)cc1. The van der Waals surface area contributed by atoms with Gasteiger partial charge in [-0.1, -0.05) is 12.1 Å². The Bertz CT molecular complexity index is 772. The Balaban J connectivity index is 1.36. The van der Waals surface area contributed by atoms with Crippen LogP contribution in [0.1, 0.15) is 18.4 Å². The van der Waals surface area contributed by atoms with Gasteiger partial charge in [-0.2, -0.15) is 0 Å². The summed E-state index contributed by atoms with van der Waals surface area (Å²) in [6.07, 6.45) is 5.59. The largest absolute Gasteiger partial charge is 0.497 e. The first-order valence-electron chi connectivity index (χ1n) is 9.49. The van der Waals surface area contributed by atoms with Crippen molar-refractivity contribution in [2.24, 2.45) is 5.92 Å². The molecule has 1 aliphatic rings. The summed E-state index contributed by atoms with van der Waals surface area (Å²) >= 11 is 0. The van der Waals surface area contributed by atoms with Crippen molar-refractivity contribution in [2.75, 3.05) is 31.6 Å². The molecular weight excluding hydrogens is 356 g/mol. The molecule has 2 N–H and O–H groups in total. The molecule has 7 heteroatoms. The standard InChI is InChI=1S/C21H26N4O3/c1-28-19-6-4-16(5-7-19)13-23-20(26)21(27)24-14-17-8-11-25(12-9-17)18-3-2-10-22-15-18/h2-7,10,15,17H,8-9,11-14H2,1H3,(H,23,26)(H,24,27).